The van der Waals surface area contributed by atoms with Crippen molar-refractivity contribution in [1.82, 2.24) is 4.90 Å². The van der Waals surface area contributed by atoms with Crippen LogP contribution < -0.4 is 10.6 Å². The fourth-order valence-corrected chi connectivity index (χ4v) is 6.84. The van der Waals surface area contributed by atoms with Crippen molar-refractivity contribution in [2.45, 2.75) is 77.1 Å². The Morgan fingerprint density at radius 1 is 0.964 bits per heavy atom. The lowest BCUT2D eigenvalue weighted by atomic mass is 9.80. The van der Waals surface area contributed by atoms with Gasteiger partial charge in [-0.1, -0.05) is 6.58 Å². The number of sulfone groups is 1. The number of benzene rings is 2. The van der Waals surface area contributed by atoms with E-state index in [1.807, 2.05) is 4.90 Å². The number of alkyl halides is 9. The van der Waals surface area contributed by atoms with E-state index in [4.69, 9.17) is 10.5 Å². The SMILES string of the molecule is C=C(N=C/C(=C\N)OCCS(C)(=O)=O)N(Cc1cc(C(F)(F)F)ccc1N(CC)CC1CCC(CC(=O)O)CC1)[C@@H](C)c1cc(C(F)(F)F)cc(C(F)(F)F)c1. The Kier molecular flexibility index (Phi) is 15.3. The molecule has 1 atom stereocenters. The molecule has 0 spiro atoms. The summed E-state index contributed by atoms with van der Waals surface area (Å²) < 4.78 is 154. The molecule has 0 aromatic heterocycles. The summed E-state index contributed by atoms with van der Waals surface area (Å²) in [6, 6.07) is 2.54. The Hall–Kier alpha value is -4.42. The normalized spacial score (nSPS) is 17.8. The smallest absolute Gasteiger partial charge is 0.416 e. The number of anilines is 1. The first-order valence-electron chi connectivity index (χ1n) is 17.5. The maximum atomic E-state index is 14.1. The van der Waals surface area contributed by atoms with Crippen LogP contribution in [0.2, 0.25) is 0 Å². The number of aliphatic imine (C=N–C) groups is 1. The summed E-state index contributed by atoms with van der Waals surface area (Å²) in [7, 11) is -3.45. The molecule has 0 amide bonds. The van der Waals surface area contributed by atoms with Crippen molar-refractivity contribution in [3.8, 4) is 0 Å². The minimum absolute atomic E-state index is 0.00417. The molecule has 0 heterocycles. The van der Waals surface area contributed by atoms with Crippen LogP contribution in [0.25, 0.3) is 0 Å². The van der Waals surface area contributed by atoms with Gasteiger partial charge in [-0.15, -0.1) is 0 Å². The van der Waals surface area contributed by atoms with Crippen LogP contribution in [-0.4, -0.2) is 62.3 Å². The van der Waals surface area contributed by atoms with Crippen molar-refractivity contribution in [3.63, 3.8) is 0 Å². The lowest BCUT2D eigenvalue weighted by molar-refractivity contribution is -0.143. The van der Waals surface area contributed by atoms with E-state index in [0.29, 0.717) is 56.6 Å². The molecular formula is C37H45F9N4O5S. The summed E-state index contributed by atoms with van der Waals surface area (Å²) in [6.45, 7) is 6.65. The number of hydrogen-bond acceptors (Lipinski definition) is 8. The molecule has 2 aromatic rings. The first kappa shape index (κ1) is 46.0. The fourth-order valence-electron chi connectivity index (χ4n) is 6.46. The third-order valence-corrected chi connectivity index (χ3v) is 10.4. The summed E-state index contributed by atoms with van der Waals surface area (Å²) in [5.74, 6) is -1.77. The molecular weight excluding hydrogens is 783 g/mol. The number of rotatable bonds is 17. The zero-order valence-electron chi connectivity index (χ0n) is 30.9. The number of aliphatic carboxylic acids is 1. The van der Waals surface area contributed by atoms with E-state index in [2.05, 4.69) is 11.6 Å². The molecule has 0 unspecified atom stereocenters. The van der Waals surface area contributed by atoms with Crippen LogP contribution >= 0.6 is 0 Å². The summed E-state index contributed by atoms with van der Waals surface area (Å²) in [5, 5.41) is 9.19. The monoisotopic (exact) mass is 828 g/mol. The van der Waals surface area contributed by atoms with Gasteiger partial charge in [-0.25, -0.2) is 13.4 Å². The van der Waals surface area contributed by atoms with Gasteiger partial charge in [0, 0.05) is 44.2 Å². The van der Waals surface area contributed by atoms with Gasteiger partial charge >= 0.3 is 24.5 Å². The quantitative estimate of drug-likeness (QED) is 0.0922. The van der Waals surface area contributed by atoms with Crippen molar-refractivity contribution in [2.24, 2.45) is 22.6 Å². The number of ether oxygens (including phenoxy) is 1. The van der Waals surface area contributed by atoms with Gasteiger partial charge in [0.15, 0.2) is 15.6 Å². The van der Waals surface area contributed by atoms with E-state index in [9.17, 15) is 57.8 Å². The molecule has 1 fully saturated rings. The van der Waals surface area contributed by atoms with E-state index in [0.717, 1.165) is 35.7 Å². The van der Waals surface area contributed by atoms with Gasteiger partial charge in [0.2, 0.25) is 0 Å². The van der Waals surface area contributed by atoms with E-state index < -0.39 is 74.9 Å². The molecule has 0 bridgehead atoms. The second kappa shape index (κ2) is 18.7. The van der Waals surface area contributed by atoms with E-state index >= 15 is 0 Å². The van der Waals surface area contributed by atoms with Gasteiger partial charge in [-0.3, -0.25) is 4.79 Å². The Balaban J connectivity index is 2.14. The molecule has 2 aromatic carbocycles. The number of hydrogen-bond donors (Lipinski definition) is 2. The predicted molar refractivity (Wildman–Crippen MR) is 193 cm³/mol. The Labute approximate surface area is 319 Å². The van der Waals surface area contributed by atoms with E-state index in [1.54, 1.807) is 6.92 Å². The van der Waals surface area contributed by atoms with E-state index in [-0.39, 0.29) is 48.1 Å². The van der Waals surface area contributed by atoms with Crippen LogP contribution in [-0.2, 0) is 44.4 Å². The standard InChI is InChI=1S/C37H45F9N4O5S/c1-5-49(21-26-8-6-25(7-9-26)14-34(51)52)33-11-10-29(35(38,39)40)17-28(33)22-50(24(3)48-20-32(19-47)55-12-13-56(4,53)54)23(2)27-15-30(36(41,42)43)18-31(16-27)37(44,45)46/h10-11,15-20,23,25-26H,3,5-9,12-14,21-22,47H2,1-2,4H3,(H,51,52)/b32-19+,48-20?/t23-,25?,26?/m0/s1. The summed E-state index contributed by atoms with van der Waals surface area (Å²) >= 11 is 0. The topological polar surface area (TPSA) is 126 Å². The van der Waals surface area contributed by atoms with E-state index in [1.165, 1.54) is 13.0 Å². The maximum absolute atomic E-state index is 14.1. The molecule has 312 valence electrons. The van der Waals surface area contributed by atoms with Gasteiger partial charge in [0.05, 0.1) is 34.7 Å². The predicted octanol–water partition coefficient (Wildman–Crippen LogP) is 8.82. The molecule has 1 saturated carbocycles. The van der Waals surface area contributed by atoms with Gasteiger partial charge in [0.1, 0.15) is 12.4 Å². The highest BCUT2D eigenvalue weighted by Gasteiger charge is 2.38. The van der Waals surface area contributed by atoms with Crippen LogP contribution in [0.4, 0.5) is 45.2 Å². The average Bonchev–Trinajstić information content (AvgIpc) is 3.09. The molecule has 19 heteroatoms. The van der Waals surface area contributed by atoms with Gasteiger partial charge in [-0.05, 0) is 98.9 Å². The minimum atomic E-state index is -5.19. The highest BCUT2D eigenvalue weighted by molar-refractivity contribution is 7.90. The van der Waals surface area contributed by atoms with Crippen LogP contribution in [0.3, 0.4) is 0 Å². The van der Waals surface area contributed by atoms with Crippen molar-refractivity contribution >= 4 is 27.7 Å². The fraction of sp³-hybridized carbons (Fsp3) is 0.514. The summed E-state index contributed by atoms with van der Waals surface area (Å²) in [6.07, 6.45) is -9.71. The molecule has 56 heavy (non-hydrogen) atoms. The molecule has 0 saturated heterocycles. The number of carbonyl (C=O) groups is 1. The number of carboxylic acid groups (broad SMARTS) is 1. The molecule has 0 aliphatic heterocycles. The maximum Gasteiger partial charge on any atom is 0.416 e. The molecule has 1 aliphatic carbocycles. The summed E-state index contributed by atoms with van der Waals surface area (Å²) in [4.78, 5) is 18.3. The first-order chi connectivity index (χ1) is 25.8. The van der Waals surface area contributed by atoms with Crippen molar-refractivity contribution in [3.05, 3.63) is 88.6 Å². The number of nitrogens with two attached hydrogens (primary N) is 1. The zero-order chi connectivity index (χ0) is 42.2. The van der Waals surface area contributed by atoms with Crippen LogP contribution in [0.5, 0.6) is 0 Å². The molecule has 3 rings (SSSR count). The second-order valence-corrected chi connectivity index (χ2v) is 16.0. The number of nitrogens with zero attached hydrogens (tertiary/aromatic N) is 3. The van der Waals surface area contributed by atoms with Crippen molar-refractivity contribution in [1.29, 1.82) is 0 Å². The largest absolute Gasteiger partial charge is 0.489 e. The average molecular weight is 829 g/mol. The molecule has 1 aliphatic rings. The Morgan fingerprint density at radius 3 is 2.00 bits per heavy atom. The Bertz CT molecular complexity index is 1820. The lowest BCUT2D eigenvalue weighted by Crippen LogP contribution is -2.33. The minimum Gasteiger partial charge on any atom is -0.489 e. The number of carboxylic acids is 1. The highest BCUT2D eigenvalue weighted by atomic mass is 32.2. The molecule has 0 radical (unpaired) electrons. The van der Waals surface area contributed by atoms with Gasteiger partial charge in [0.25, 0.3) is 0 Å². The first-order valence-corrected chi connectivity index (χ1v) is 19.6. The zero-order valence-corrected chi connectivity index (χ0v) is 31.8. The summed E-state index contributed by atoms with van der Waals surface area (Å²) in [5.41, 5.74) is 1.13. The number of allylic oxidation sites excluding steroid dienone is 1. The third-order valence-electron chi connectivity index (χ3n) is 9.50. The second-order valence-electron chi connectivity index (χ2n) is 13.7. The van der Waals surface area contributed by atoms with Gasteiger partial charge in [-0.2, -0.15) is 39.5 Å². The third kappa shape index (κ3) is 13.7. The highest BCUT2D eigenvalue weighted by Crippen LogP contribution is 2.41. The molecule has 9 nitrogen and oxygen atoms in total. The molecule has 3 N–H and O–H groups in total. The van der Waals surface area contributed by atoms with Crippen LogP contribution in [0.1, 0.15) is 79.8 Å². The van der Waals surface area contributed by atoms with Crippen LogP contribution in [0.15, 0.2) is 65.7 Å². The lowest BCUT2D eigenvalue weighted by Gasteiger charge is -2.36. The Morgan fingerprint density at radius 2 is 1.52 bits per heavy atom. The van der Waals surface area contributed by atoms with Crippen molar-refractivity contribution < 1.29 is 62.6 Å². The van der Waals surface area contributed by atoms with Crippen LogP contribution in [0, 0.1) is 11.8 Å². The van der Waals surface area contributed by atoms with Gasteiger partial charge < -0.3 is 25.4 Å². The number of halogens is 9. The van der Waals surface area contributed by atoms with Crippen molar-refractivity contribution in [2.75, 3.05) is 36.6 Å².